The van der Waals surface area contributed by atoms with E-state index < -0.39 is 0 Å². The van der Waals surface area contributed by atoms with Gasteiger partial charge in [-0.1, -0.05) is 0 Å². The molecule has 7 nitrogen and oxygen atoms in total. The minimum Gasteiger partial charge on any atom is -0.382 e. The largest absolute Gasteiger partial charge is 0.382 e. The molecule has 0 unspecified atom stereocenters. The van der Waals surface area contributed by atoms with Gasteiger partial charge in [-0.05, 0) is 25.0 Å². The van der Waals surface area contributed by atoms with E-state index in [1.54, 1.807) is 18.3 Å². The number of rotatable bonds is 3. The highest BCUT2D eigenvalue weighted by atomic mass is 15.4. The zero-order chi connectivity index (χ0) is 12.5. The van der Waals surface area contributed by atoms with E-state index in [2.05, 4.69) is 26.7 Å². The van der Waals surface area contributed by atoms with Gasteiger partial charge in [0.15, 0.2) is 11.6 Å². The summed E-state index contributed by atoms with van der Waals surface area (Å²) in [5.41, 5.74) is 6.27. The van der Waals surface area contributed by atoms with Gasteiger partial charge >= 0.3 is 0 Å². The van der Waals surface area contributed by atoms with Gasteiger partial charge in [-0.15, -0.1) is 10.2 Å². The standard InChI is InChI=1S/C11H11N7/c12-6-8-10(13)18(9-2-1-5-14-16-9)17-11(8)15-7-3-4-7/h1-2,5,7H,3-4,13H2,(H,15,17). The molecule has 0 aromatic carbocycles. The molecule has 0 atom stereocenters. The summed E-state index contributed by atoms with van der Waals surface area (Å²) in [4.78, 5) is 0. The highest BCUT2D eigenvalue weighted by Crippen LogP contribution is 2.29. The molecule has 1 aliphatic carbocycles. The van der Waals surface area contributed by atoms with E-state index in [0.29, 0.717) is 23.2 Å². The number of nitrogens with one attached hydrogen (secondary N) is 1. The second-order valence-corrected chi connectivity index (χ2v) is 4.13. The number of nitrogens with two attached hydrogens (primary N) is 1. The maximum atomic E-state index is 9.13. The summed E-state index contributed by atoms with van der Waals surface area (Å²) in [6, 6.07) is 5.95. The lowest BCUT2D eigenvalue weighted by atomic mass is 10.3. The Balaban J connectivity index is 2.05. The van der Waals surface area contributed by atoms with Crippen LogP contribution in [0.5, 0.6) is 0 Å². The first-order valence-corrected chi connectivity index (χ1v) is 5.63. The van der Waals surface area contributed by atoms with E-state index in [-0.39, 0.29) is 5.82 Å². The molecular formula is C11H11N7. The number of anilines is 2. The van der Waals surface area contributed by atoms with Crippen LogP contribution in [-0.2, 0) is 0 Å². The second-order valence-electron chi connectivity index (χ2n) is 4.13. The summed E-state index contributed by atoms with van der Waals surface area (Å²) in [6.45, 7) is 0. The highest BCUT2D eigenvalue weighted by molar-refractivity contribution is 5.66. The van der Waals surface area contributed by atoms with E-state index in [9.17, 15) is 0 Å². The predicted octanol–water partition coefficient (Wildman–Crippen LogP) is 0.690. The molecule has 1 fully saturated rings. The Morgan fingerprint density at radius 2 is 2.33 bits per heavy atom. The zero-order valence-corrected chi connectivity index (χ0v) is 9.54. The number of nitriles is 1. The first-order chi connectivity index (χ1) is 8.79. The number of hydrogen-bond donors (Lipinski definition) is 2. The Labute approximate surface area is 103 Å². The summed E-state index contributed by atoms with van der Waals surface area (Å²) in [5, 5.41) is 24.3. The number of nitrogen functional groups attached to an aromatic ring is 1. The van der Waals surface area contributed by atoms with Crippen LogP contribution in [0.15, 0.2) is 18.3 Å². The van der Waals surface area contributed by atoms with Crippen LogP contribution in [0.2, 0.25) is 0 Å². The fourth-order valence-electron chi connectivity index (χ4n) is 1.64. The molecule has 0 aliphatic heterocycles. The molecule has 1 aliphatic rings. The topological polar surface area (TPSA) is 105 Å². The van der Waals surface area contributed by atoms with Crippen molar-refractivity contribution in [3.8, 4) is 11.9 Å². The van der Waals surface area contributed by atoms with Crippen LogP contribution in [0, 0.1) is 11.3 Å². The molecule has 0 radical (unpaired) electrons. The quantitative estimate of drug-likeness (QED) is 0.819. The molecule has 3 rings (SSSR count). The van der Waals surface area contributed by atoms with Crippen LogP contribution >= 0.6 is 0 Å². The lowest BCUT2D eigenvalue weighted by Crippen LogP contribution is -2.06. The van der Waals surface area contributed by atoms with Crippen molar-refractivity contribution < 1.29 is 0 Å². The Hall–Kier alpha value is -2.62. The first-order valence-electron chi connectivity index (χ1n) is 5.63. The molecule has 90 valence electrons. The summed E-state index contributed by atoms with van der Waals surface area (Å²) in [5.74, 6) is 1.29. The Bertz CT molecular complexity index is 606. The van der Waals surface area contributed by atoms with Gasteiger partial charge in [0.25, 0.3) is 0 Å². The number of hydrogen-bond acceptors (Lipinski definition) is 6. The van der Waals surface area contributed by atoms with Gasteiger partial charge in [0.05, 0.1) is 0 Å². The van der Waals surface area contributed by atoms with Crippen molar-refractivity contribution in [2.24, 2.45) is 0 Å². The fraction of sp³-hybridized carbons (Fsp3) is 0.273. The van der Waals surface area contributed by atoms with Crippen molar-refractivity contribution >= 4 is 11.6 Å². The molecule has 1 saturated carbocycles. The van der Waals surface area contributed by atoms with Crippen molar-refractivity contribution in [3.05, 3.63) is 23.9 Å². The van der Waals surface area contributed by atoms with Crippen molar-refractivity contribution in [3.63, 3.8) is 0 Å². The summed E-state index contributed by atoms with van der Waals surface area (Å²) in [6.07, 6.45) is 3.77. The minimum atomic E-state index is 0.279. The molecule has 7 heteroatoms. The molecule has 0 amide bonds. The van der Waals surface area contributed by atoms with Crippen LogP contribution in [-0.4, -0.2) is 26.0 Å². The van der Waals surface area contributed by atoms with Crippen LogP contribution in [0.3, 0.4) is 0 Å². The third-order valence-corrected chi connectivity index (χ3v) is 2.73. The SMILES string of the molecule is N#Cc1c(NC2CC2)nn(-c2cccnn2)c1N. The van der Waals surface area contributed by atoms with Crippen LogP contribution in [0.4, 0.5) is 11.6 Å². The van der Waals surface area contributed by atoms with Gasteiger partial charge in [0, 0.05) is 12.2 Å². The van der Waals surface area contributed by atoms with E-state index in [4.69, 9.17) is 11.0 Å². The van der Waals surface area contributed by atoms with Crippen LogP contribution < -0.4 is 11.1 Å². The molecule has 0 bridgehead atoms. The van der Waals surface area contributed by atoms with Crippen LogP contribution in [0.25, 0.3) is 5.82 Å². The van der Waals surface area contributed by atoms with E-state index in [1.165, 1.54) is 4.68 Å². The molecule has 0 saturated heterocycles. The average Bonchev–Trinajstić information content (AvgIpc) is 3.15. The first kappa shape index (κ1) is 10.5. The van der Waals surface area contributed by atoms with Crippen molar-refractivity contribution in [2.45, 2.75) is 18.9 Å². The third kappa shape index (κ3) is 1.73. The monoisotopic (exact) mass is 241 g/mol. The smallest absolute Gasteiger partial charge is 0.178 e. The van der Waals surface area contributed by atoms with Crippen molar-refractivity contribution in [2.75, 3.05) is 11.1 Å². The average molecular weight is 241 g/mol. The number of nitrogens with zero attached hydrogens (tertiary/aromatic N) is 5. The van der Waals surface area contributed by atoms with Gasteiger partial charge in [-0.3, -0.25) is 0 Å². The molecule has 2 aromatic rings. The Morgan fingerprint density at radius 1 is 1.50 bits per heavy atom. The van der Waals surface area contributed by atoms with Gasteiger partial charge < -0.3 is 11.1 Å². The molecular weight excluding hydrogens is 230 g/mol. The minimum absolute atomic E-state index is 0.279. The van der Waals surface area contributed by atoms with E-state index in [0.717, 1.165) is 12.8 Å². The predicted molar refractivity (Wildman–Crippen MR) is 64.9 cm³/mol. The summed E-state index contributed by atoms with van der Waals surface area (Å²) in [7, 11) is 0. The van der Waals surface area contributed by atoms with Gasteiger partial charge in [-0.25, -0.2) is 0 Å². The Morgan fingerprint density at radius 3 is 2.94 bits per heavy atom. The van der Waals surface area contributed by atoms with Crippen molar-refractivity contribution in [1.29, 1.82) is 5.26 Å². The Kier molecular flexibility index (Phi) is 2.34. The summed E-state index contributed by atoms with van der Waals surface area (Å²) < 4.78 is 1.43. The molecule has 2 aromatic heterocycles. The lowest BCUT2D eigenvalue weighted by molar-refractivity contribution is 0.822. The fourth-order valence-corrected chi connectivity index (χ4v) is 1.64. The highest BCUT2D eigenvalue weighted by Gasteiger charge is 2.25. The van der Waals surface area contributed by atoms with Gasteiger partial charge in [0.2, 0.25) is 0 Å². The maximum absolute atomic E-state index is 9.13. The number of aromatic nitrogens is 4. The van der Waals surface area contributed by atoms with Gasteiger partial charge in [-0.2, -0.15) is 15.0 Å². The normalized spacial score (nSPS) is 14.2. The molecule has 3 N–H and O–H groups in total. The maximum Gasteiger partial charge on any atom is 0.178 e. The van der Waals surface area contributed by atoms with E-state index >= 15 is 0 Å². The second kappa shape index (κ2) is 4.00. The van der Waals surface area contributed by atoms with Crippen molar-refractivity contribution in [1.82, 2.24) is 20.0 Å². The van der Waals surface area contributed by atoms with Gasteiger partial charge in [0.1, 0.15) is 17.5 Å². The molecule has 2 heterocycles. The van der Waals surface area contributed by atoms with E-state index in [1.807, 2.05) is 0 Å². The molecule has 0 spiro atoms. The lowest BCUT2D eigenvalue weighted by Gasteiger charge is -2.00. The zero-order valence-electron chi connectivity index (χ0n) is 9.54. The van der Waals surface area contributed by atoms with Crippen LogP contribution in [0.1, 0.15) is 18.4 Å². The summed E-state index contributed by atoms with van der Waals surface area (Å²) >= 11 is 0. The molecule has 18 heavy (non-hydrogen) atoms. The third-order valence-electron chi connectivity index (χ3n) is 2.73.